The van der Waals surface area contributed by atoms with Crippen LogP contribution in [-0.4, -0.2) is 56.6 Å². The summed E-state index contributed by atoms with van der Waals surface area (Å²) in [4.78, 5) is 22.4. The van der Waals surface area contributed by atoms with Crippen LogP contribution in [0.25, 0.3) is 10.2 Å². The quantitative estimate of drug-likeness (QED) is 0.452. The first-order valence-corrected chi connectivity index (χ1v) is 13.1. The third-order valence-electron chi connectivity index (χ3n) is 5.36. The molecule has 0 fully saturated rings. The number of aryl methyl sites for hydroxylation is 2. The fraction of sp³-hybridized carbons (Fsp3) is 0.391. The molecule has 0 atom stereocenters. The maximum atomic E-state index is 13.4. The normalized spacial score (nSPS) is 11.6. The van der Waals surface area contributed by atoms with Gasteiger partial charge in [-0.3, -0.25) is 9.69 Å². The molecule has 3 rings (SSSR count). The summed E-state index contributed by atoms with van der Waals surface area (Å²) < 4.78 is 24.6. The number of halogens is 1. The number of thiazole rings is 1. The van der Waals surface area contributed by atoms with Crippen LogP contribution < -0.4 is 4.90 Å². The average molecular weight is 496 g/mol. The molecular formula is C23H30ClN3O3S2. The topological polar surface area (TPSA) is 70.6 Å². The Balaban J connectivity index is 0.00000363. The predicted octanol–water partition coefficient (Wildman–Crippen LogP) is 4.73. The van der Waals surface area contributed by atoms with E-state index in [0.29, 0.717) is 17.2 Å². The van der Waals surface area contributed by atoms with Gasteiger partial charge in [0, 0.05) is 24.9 Å². The van der Waals surface area contributed by atoms with Gasteiger partial charge in [0.15, 0.2) is 15.0 Å². The van der Waals surface area contributed by atoms with Crippen molar-refractivity contribution in [1.82, 2.24) is 9.88 Å². The van der Waals surface area contributed by atoms with Gasteiger partial charge in [0.25, 0.3) is 5.91 Å². The van der Waals surface area contributed by atoms with E-state index >= 15 is 0 Å². The molecule has 6 nitrogen and oxygen atoms in total. The number of carbonyl (C=O) groups excluding carboxylic acids is 1. The highest BCUT2D eigenvalue weighted by atomic mass is 35.5. The Morgan fingerprint density at radius 3 is 2.22 bits per heavy atom. The molecule has 1 aromatic heterocycles. The number of rotatable bonds is 8. The number of amides is 1. The van der Waals surface area contributed by atoms with E-state index < -0.39 is 9.84 Å². The minimum atomic E-state index is -3.31. The van der Waals surface area contributed by atoms with Gasteiger partial charge in [-0.2, -0.15) is 0 Å². The SMILES string of the molecule is CCN(CC)CCN(C(=O)c1ccc(S(C)(=O)=O)cc1)c1nc2c(C)cc(C)cc2s1.Cl. The lowest BCUT2D eigenvalue weighted by Gasteiger charge is -2.24. The van der Waals surface area contributed by atoms with Crippen molar-refractivity contribution in [1.29, 1.82) is 0 Å². The number of anilines is 1. The summed E-state index contributed by atoms with van der Waals surface area (Å²) in [6.07, 6.45) is 1.16. The van der Waals surface area contributed by atoms with Crippen LogP contribution in [0.4, 0.5) is 5.13 Å². The lowest BCUT2D eigenvalue weighted by atomic mass is 10.1. The minimum absolute atomic E-state index is 0. The van der Waals surface area contributed by atoms with Crippen LogP contribution >= 0.6 is 23.7 Å². The van der Waals surface area contributed by atoms with Crippen molar-refractivity contribution < 1.29 is 13.2 Å². The maximum Gasteiger partial charge on any atom is 0.260 e. The highest BCUT2D eigenvalue weighted by Gasteiger charge is 2.23. The van der Waals surface area contributed by atoms with Crippen LogP contribution in [0.5, 0.6) is 0 Å². The second kappa shape index (κ2) is 10.7. The number of likely N-dealkylation sites (N-methyl/N-ethyl adjacent to an activating group) is 1. The lowest BCUT2D eigenvalue weighted by Crippen LogP contribution is -2.38. The second-order valence-electron chi connectivity index (χ2n) is 7.71. The molecule has 0 N–H and O–H groups in total. The van der Waals surface area contributed by atoms with Gasteiger partial charge in [0.2, 0.25) is 0 Å². The summed E-state index contributed by atoms with van der Waals surface area (Å²) in [5, 5.41) is 0.660. The van der Waals surface area contributed by atoms with Gasteiger partial charge in [0.1, 0.15) is 0 Å². The fourth-order valence-electron chi connectivity index (χ4n) is 3.54. The highest BCUT2D eigenvalue weighted by Crippen LogP contribution is 2.32. The zero-order valence-corrected chi connectivity index (χ0v) is 21.5. The van der Waals surface area contributed by atoms with Crippen LogP contribution in [-0.2, 0) is 9.84 Å². The van der Waals surface area contributed by atoms with Gasteiger partial charge in [-0.05, 0) is 68.4 Å². The lowest BCUT2D eigenvalue weighted by molar-refractivity contribution is 0.0983. The standard InChI is InChI=1S/C23H29N3O3S2.ClH/c1-6-25(7-2)12-13-26(22(27)18-8-10-19(11-9-18)31(5,28)29)23-24-21-17(4)14-16(3)15-20(21)30-23;/h8-11,14-15H,6-7,12-13H2,1-5H3;1H. The molecule has 174 valence electrons. The molecule has 0 spiro atoms. The van der Waals surface area contributed by atoms with Gasteiger partial charge in [-0.15, -0.1) is 12.4 Å². The Morgan fingerprint density at radius 1 is 1.03 bits per heavy atom. The fourth-order valence-corrected chi connectivity index (χ4v) is 5.34. The predicted molar refractivity (Wildman–Crippen MR) is 135 cm³/mol. The summed E-state index contributed by atoms with van der Waals surface area (Å²) in [6.45, 7) is 11.3. The number of nitrogens with zero attached hydrogens (tertiary/aromatic N) is 3. The van der Waals surface area contributed by atoms with E-state index in [1.807, 2.05) is 6.92 Å². The van der Waals surface area contributed by atoms with E-state index in [1.54, 1.807) is 17.0 Å². The van der Waals surface area contributed by atoms with Crippen molar-refractivity contribution >= 4 is 54.8 Å². The van der Waals surface area contributed by atoms with Crippen LogP contribution in [0.3, 0.4) is 0 Å². The highest BCUT2D eigenvalue weighted by molar-refractivity contribution is 7.90. The molecule has 0 unspecified atom stereocenters. The van der Waals surface area contributed by atoms with Gasteiger partial charge >= 0.3 is 0 Å². The summed E-state index contributed by atoms with van der Waals surface area (Å²) in [6, 6.07) is 10.3. The number of hydrogen-bond acceptors (Lipinski definition) is 6. The van der Waals surface area contributed by atoms with E-state index in [9.17, 15) is 13.2 Å². The zero-order valence-electron chi connectivity index (χ0n) is 19.1. The summed E-state index contributed by atoms with van der Waals surface area (Å²) in [5.74, 6) is -0.180. The molecular weight excluding hydrogens is 466 g/mol. The molecule has 0 radical (unpaired) electrons. The smallest absolute Gasteiger partial charge is 0.260 e. The first-order valence-electron chi connectivity index (χ1n) is 10.4. The molecule has 9 heteroatoms. The number of aromatic nitrogens is 1. The summed E-state index contributed by atoms with van der Waals surface area (Å²) >= 11 is 1.51. The maximum absolute atomic E-state index is 13.4. The van der Waals surface area contributed by atoms with Gasteiger partial charge < -0.3 is 4.90 Å². The van der Waals surface area contributed by atoms with Crippen molar-refractivity contribution in [3.63, 3.8) is 0 Å². The number of sulfone groups is 1. The van der Waals surface area contributed by atoms with Crippen molar-refractivity contribution in [2.45, 2.75) is 32.6 Å². The van der Waals surface area contributed by atoms with Crippen LogP contribution in [0, 0.1) is 13.8 Å². The molecule has 2 aromatic carbocycles. The van der Waals surface area contributed by atoms with E-state index in [1.165, 1.54) is 23.5 Å². The van der Waals surface area contributed by atoms with Crippen molar-refractivity contribution in [2.75, 3.05) is 37.3 Å². The summed E-state index contributed by atoms with van der Waals surface area (Å²) in [5.41, 5.74) is 3.61. The number of carbonyl (C=O) groups is 1. The van der Waals surface area contributed by atoms with Gasteiger partial charge in [-0.25, -0.2) is 13.4 Å². The Bertz CT molecular complexity index is 1190. The first-order chi connectivity index (χ1) is 14.6. The Hall–Kier alpha value is -2.00. The first kappa shape index (κ1) is 26.3. The third kappa shape index (κ3) is 5.86. The molecule has 0 aliphatic heterocycles. The monoisotopic (exact) mass is 495 g/mol. The van der Waals surface area contributed by atoms with Crippen LogP contribution in [0.1, 0.15) is 35.3 Å². The van der Waals surface area contributed by atoms with Crippen molar-refractivity contribution in [3.05, 3.63) is 53.1 Å². The Kier molecular flexibility index (Phi) is 8.82. The van der Waals surface area contributed by atoms with Gasteiger partial charge in [0.05, 0.1) is 15.1 Å². The third-order valence-corrected chi connectivity index (χ3v) is 7.51. The minimum Gasteiger partial charge on any atom is -0.302 e. The van der Waals surface area contributed by atoms with Crippen molar-refractivity contribution in [3.8, 4) is 0 Å². The van der Waals surface area contributed by atoms with E-state index in [0.717, 1.165) is 47.2 Å². The van der Waals surface area contributed by atoms with Crippen LogP contribution in [0.2, 0.25) is 0 Å². The zero-order chi connectivity index (χ0) is 22.8. The molecule has 0 aliphatic rings. The van der Waals surface area contributed by atoms with Gasteiger partial charge in [-0.1, -0.05) is 31.3 Å². The molecule has 0 saturated carbocycles. The Morgan fingerprint density at radius 2 is 1.66 bits per heavy atom. The number of fused-ring (bicyclic) bond motifs is 1. The van der Waals surface area contributed by atoms with E-state index in [-0.39, 0.29) is 23.2 Å². The number of benzene rings is 2. The second-order valence-corrected chi connectivity index (χ2v) is 10.7. The molecule has 1 amide bonds. The molecule has 0 saturated heterocycles. The Labute approximate surface area is 200 Å². The molecule has 0 bridgehead atoms. The van der Waals surface area contributed by atoms with E-state index in [2.05, 4.69) is 37.8 Å². The number of hydrogen-bond donors (Lipinski definition) is 0. The van der Waals surface area contributed by atoms with Crippen molar-refractivity contribution in [2.24, 2.45) is 0 Å². The summed E-state index contributed by atoms with van der Waals surface area (Å²) in [7, 11) is -3.31. The van der Waals surface area contributed by atoms with Crippen LogP contribution in [0.15, 0.2) is 41.3 Å². The molecule has 1 heterocycles. The van der Waals surface area contributed by atoms with E-state index in [4.69, 9.17) is 4.98 Å². The molecule has 32 heavy (non-hydrogen) atoms. The average Bonchev–Trinajstić information content (AvgIpc) is 3.14. The largest absolute Gasteiger partial charge is 0.302 e. The molecule has 3 aromatic rings. The molecule has 0 aliphatic carbocycles.